The topological polar surface area (TPSA) is 54.2 Å². The maximum atomic E-state index is 4.94. The van der Waals surface area contributed by atoms with Crippen LogP contribution < -0.4 is 10.6 Å². The lowest BCUT2D eigenvalue weighted by molar-refractivity contribution is 0.557. The molecule has 0 spiro atoms. The van der Waals surface area contributed by atoms with E-state index >= 15 is 0 Å². The van der Waals surface area contributed by atoms with Crippen molar-refractivity contribution in [3.63, 3.8) is 0 Å². The van der Waals surface area contributed by atoms with E-state index in [4.69, 9.17) is 4.99 Å². The summed E-state index contributed by atoms with van der Waals surface area (Å²) in [5, 5.41) is 11.6. The number of guanidine groups is 1. The smallest absolute Gasteiger partial charge is 0.191 e. The zero-order valence-electron chi connectivity index (χ0n) is 18.0. The van der Waals surface area contributed by atoms with Gasteiger partial charge in [-0.1, -0.05) is 24.3 Å². The van der Waals surface area contributed by atoms with Crippen LogP contribution in [0.4, 0.5) is 0 Å². The highest BCUT2D eigenvalue weighted by Gasteiger charge is 2.20. The van der Waals surface area contributed by atoms with Gasteiger partial charge in [-0.2, -0.15) is 5.10 Å². The number of aliphatic imine (C=N–C) groups is 1. The molecule has 2 aromatic rings. The Morgan fingerprint density at radius 3 is 2.82 bits per heavy atom. The molecule has 1 aromatic carbocycles. The number of aryl methyl sites for hydroxylation is 3. The lowest BCUT2D eigenvalue weighted by atomic mass is 9.83. The average molecular weight is 382 g/mol. The number of nitrogens with zero attached hydrogens (tertiary/aromatic N) is 3. The van der Waals surface area contributed by atoms with Gasteiger partial charge >= 0.3 is 0 Å². The molecule has 152 valence electrons. The Balaban J connectivity index is 1.66. The Hall–Kier alpha value is -2.30. The second-order valence-corrected chi connectivity index (χ2v) is 8.03. The average Bonchev–Trinajstić information content (AvgIpc) is 2.92. The van der Waals surface area contributed by atoms with Crippen LogP contribution in [-0.4, -0.2) is 34.9 Å². The number of nitrogens with one attached hydrogen (secondary N) is 2. The molecule has 0 saturated heterocycles. The number of rotatable bonds is 6. The number of hydrogen-bond donors (Lipinski definition) is 2. The minimum Gasteiger partial charge on any atom is -0.357 e. The van der Waals surface area contributed by atoms with Crippen LogP contribution in [0, 0.1) is 13.8 Å². The van der Waals surface area contributed by atoms with Crippen LogP contribution in [0.15, 0.2) is 29.3 Å². The van der Waals surface area contributed by atoms with E-state index in [1.807, 2.05) is 11.7 Å². The third-order valence-corrected chi connectivity index (χ3v) is 5.86. The molecular formula is C23H35N5. The first-order chi connectivity index (χ1) is 13.5. The van der Waals surface area contributed by atoms with Crippen LogP contribution in [0.5, 0.6) is 0 Å². The van der Waals surface area contributed by atoms with Crippen molar-refractivity contribution in [1.82, 2.24) is 20.4 Å². The highest BCUT2D eigenvalue weighted by atomic mass is 15.3. The highest BCUT2D eigenvalue weighted by molar-refractivity contribution is 5.80. The van der Waals surface area contributed by atoms with E-state index in [-0.39, 0.29) is 6.04 Å². The van der Waals surface area contributed by atoms with E-state index in [1.165, 1.54) is 41.6 Å². The molecule has 1 heterocycles. The standard InChI is InChI=1S/C23H35N5/c1-6-24-23(26-16(2)14-22-17(3)27-28(5)18(22)4)25-15-20-12-9-11-19-10-7-8-13-21(19)20/h7-8,10,13,16,20H,6,9,11-12,14-15H2,1-5H3,(H2,24,25,26). The van der Waals surface area contributed by atoms with Crippen molar-refractivity contribution < 1.29 is 0 Å². The summed E-state index contributed by atoms with van der Waals surface area (Å²) in [6, 6.07) is 9.16. The van der Waals surface area contributed by atoms with E-state index in [0.717, 1.165) is 31.2 Å². The molecule has 2 unspecified atom stereocenters. The lowest BCUT2D eigenvalue weighted by Crippen LogP contribution is -2.43. The van der Waals surface area contributed by atoms with Crippen LogP contribution in [0.3, 0.4) is 0 Å². The highest BCUT2D eigenvalue weighted by Crippen LogP contribution is 2.31. The predicted molar refractivity (Wildman–Crippen MR) is 117 cm³/mol. The van der Waals surface area contributed by atoms with E-state index in [2.05, 4.69) is 67.7 Å². The molecule has 0 saturated carbocycles. The summed E-state index contributed by atoms with van der Waals surface area (Å²) in [5.74, 6) is 1.44. The number of benzene rings is 1. The van der Waals surface area contributed by atoms with Crippen LogP contribution >= 0.6 is 0 Å². The third kappa shape index (κ3) is 4.75. The van der Waals surface area contributed by atoms with Gasteiger partial charge in [-0.25, -0.2) is 0 Å². The summed E-state index contributed by atoms with van der Waals surface area (Å²) < 4.78 is 1.97. The molecule has 0 radical (unpaired) electrons. The molecule has 0 aliphatic heterocycles. The van der Waals surface area contributed by atoms with Crippen molar-refractivity contribution in [2.75, 3.05) is 13.1 Å². The Kier molecular flexibility index (Phi) is 6.76. The van der Waals surface area contributed by atoms with E-state index in [9.17, 15) is 0 Å². The fourth-order valence-corrected chi connectivity index (χ4v) is 4.27. The minimum absolute atomic E-state index is 0.290. The Bertz CT molecular complexity index is 820. The zero-order valence-corrected chi connectivity index (χ0v) is 18.0. The van der Waals surface area contributed by atoms with E-state index < -0.39 is 0 Å². The van der Waals surface area contributed by atoms with Gasteiger partial charge in [0.1, 0.15) is 0 Å². The third-order valence-electron chi connectivity index (χ3n) is 5.86. The molecule has 3 rings (SSSR count). The molecule has 0 bridgehead atoms. The van der Waals surface area contributed by atoms with Gasteiger partial charge in [0, 0.05) is 37.8 Å². The minimum atomic E-state index is 0.290. The van der Waals surface area contributed by atoms with Crippen molar-refractivity contribution in [2.45, 2.75) is 65.3 Å². The van der Waals surface area contributed by atoms with Gasteiger partial charge in [0.25, 0.3) is 0 Å². The molecule has 5 heteroatoms. The van der Waals surface area contributed by atoms with Crippen LogP contribution in [0.1, 0.15) is 60.7 Å². The maximum Gasteiger partial charge on any atom is 0.191 e. The van der Waals surface area contributed by atoms with Gasteiger partial charge < -0.3 is 10.6 Å². The van der Waals surface area contributed by atoms with Crippen molar-refractivity contribution in [1.29, 1.82) is 0 Å². The van der Waals surface area contributed by atoms with Gasteiger partial charge in [0.05, 0.1) is 5.69 Å². The molecule has 1 aliphatic rings. The SMILES string of the molecule is CCNC(=NCC1CCCc2ccccc21)NC(C)Cc1c(C)nn(C)c1C. The van der Waals surface area contributed by atoms with E-state index in [0.29, 0.717) is 5.92 Å². The van der Waals surface area contributed by atoms with Gasteiger partial charge in [0.15, 0.2) is 5.96 Å². The normalized spacial score (nSPS) is 17.9. The Labute approximate surface area is 169 Å². The fraction of sp³-hybridized carbons (Fsp3) is 0.565. The molecule has 0 amide bonds. The summed E-state index contributed by atoms with van der Waals surface area (Å²) in [4.78, 5) is 4.94. The summed E-state index contributed by atoms with van der Waals surface area (Å²) in [5.41, 5.74) is 6.69. The van der Waals surface area contributed by atoms with Gasteiger partial charge in [-0.3, -0.25) is 9.67 Å². The van der Waals surface area contributed by atoms with Crippen LogP contribution in [0.25, 0.3) is 0 Å². The van der Waals surface area contributed by atoms with Gasteiger partial charge in [0.2, 0.25) is 0 Å². The molecule has 28 heavy (non-hydrogen) atoms. The maximum absolute atomic E-state index is 4.94. The first-order valence-electron chi connectivity index (χ1n) is 10.6. The largest absolute Gasteiger partial charge is 0.357 e. The zero-order chi connectivity index (χ0) is 20.1. The lowest BCUT2D eigenvalue weighted by Gasteiger charge is -2.25. The monoisotopic (exact) mass is 381 g/mol. The first kappa shape index (κ1) is 20.4. The van der Waals surface area contributed by atoms with Crippen molar-refractivity contribution >= 4 is 5.96 Å². The number of aromatic nitrogens is 2. The van der Waals surface area contributed by atoms with Crippen LogP contribution in [-0.2, 0) is 19.9 Å². The summed E-state index contributed by atoms with van der Waals surface area (Å²) in [7, 11) is 2.01. The molecule has 0 fully saturated rings. The van der Waals surface area contributed by atoms with Gasteiger partial charge in [-0.05, 0) is 70.1 Å². The van der Waals surface area contributed by atoms with Crippen LogP contribution in [0.2, 0.25) is 0 Å². The number of fused-ring (bicyclic) bond motifs is 1. The Morgan fingerprint density at radius 1 is 1.32 bits per heavy atom. The molecule has 1 aromatic heterocycles. The van der Waals surface area contributed by atoms with Crippen molar-refractivity contribution in [3.05, 3.63) is 52.3 Å². The Morgan fingerprint density at radius 2 is 2.11 bits per heavy atom. The van der Waals surface area contributed by atoms with Crippen molar-refractivity contribution in [2.24, 2.45) is 12.0 Å². The summed E-state index contributed by atoms with van der Waals surface area (Å²) in [6.07, 6.45) is 4.64. The molecule has 5 nitrogen and oxygen atoms in total. The van der Waals surface area contributed by atoms with E-state index in [1.54, 1.807) is 0 Å². The summed E-state index contributed by atoms with van der Waals surface area (Å²) in [6.45, 7) is 10.3. The molecule has 2 atom stereocenters. The second kappa shape index (κ2) is 9.26. The first-order valence-corrected chi connectivity index (χ1v) is 10.6. The van der Waals surface area contributed by atoms with Crippen molar-refractivity contribution in [3.8, 4) is 0 Å². The fourth-order valence-electron chi connectivity index (χ4n) is 4.27. The number of hydrogen-bond acceptors (Lipinski definition) is 2. The van der Waals surface area contributed by atoms with Gasteiger partial charge in [-0.15, -0.1) is 0 Å². The quantitative estimate of drug-likeness (QED) is 0.593. The molecule has 2 N–H and O–H groups in total. The molecular weight excluding hydrogens is 346 g/mol. The molecule has 1 aliphatic carbocycles. The second-order valence-electron chi connectivity index (χ2n) is 8.03. The predicted octanol–water partition coefficient (Wildman–Crippen LogP) is 3.64. The summed E-state index contributed by atoms with van der Waals surface area (Å²) >= 11 is 0.